The van der Waals surface area contributed by atoms with Crippen LogP contribution in [0.4, 0.5) is 5.69 Å². The molecule has 1 N–H and O–H groups in total. The van der Waals surface area contributed by atoms with Gasteiger partial charge in [0.15, 0.2) is 5.11 Å². The molecule has 26 heavy (non-hydrogen) atoms. The first-order valence-electron chi connectivity index (χ1n) is 8.37. The lowest BCUT2D eigenvalue weighted by Crippen LogP contribution is -2.29. The molecule has 0 spiro atoms. The number of aromatic nitrogens is 1. The molecule has 4 rings (SSSR count). The summed E-state index contributed by atoms with van der Waals surface area (Å²) in [5, 5.41) is 6.39. The molecule has 1 saturated heterocycles. The zero-order chi connectivity index (χ0) is 18.3. The minimum Gasteiger partial charge on any atom is -0.351 e. The van der Waals surface area contributed by atoms with Crippen molar-refractivity contribution in [3.05, 3.63) is 80.2 Å². The normalized spacial score (nSPS) is 19.7. The molecular weight excluding hydrogens is 426 g/mol. The number of rotatable bonds is 3. The molecule has 1 aliphatic heterocycles. The predicted octanol–water partition coefficient (Wildman–Crippen LogP) is 5.70. The van der Waals surface area contributed by atoms with E-state index in [4.69, 9.17) is 12.2 Å². The average Bonchev–Trinajstić information content (AvgIpc) is 3.21. The molecule has 2 atom stereocenters. The van der Waals surface area contributed by atoms with Crippen molar-refractivity contribution in [1.82, 2.24) is 10.3 Å². The Hall–Kier alpha value is -1.76. The van der Waals surface area contributed by atoms with E-state index in [1.807, 2.05) is 18.3 Å². The molecule has 1 aromatic carbocycles. The Kier molecular flexibility index (Phi) is 4.82. The summed E-state index contributed by atoms with van der Waals surface area (Å²) in [4.78, 5) is 8.14. The molecular formula is C20H18BrN3S2. The summed E-state index contributed by atoms with van der Waals surface area (Å²) in [6, 6.07) is 14.7. The van der Waals surface area contributed by atoms with Crippen LogP contribution in [0.1, 0.15) is 33.8 Å². The monoisotopic (exact) mass is 443 g/mol. The second-order valence-corrected chi connectivity index (χ2v) is 8.59. The zero-order valence-corrected chi connectivity index (χ0v) is 17.7. The van der Waals surface area contributed by atoms with E-state index in [0.29, 0.717) is 0 Å². The standard InChI is InChI=1S/C20H18BrN3S2/c1-12-8-10-26-19(12)18-17(16-5-3-4-9-22-16)23-20(25)24(18)14-6-7-15(21)13(2)11-14/h3-11,17-18H,1-2H3,(H,23,25)/t17-,18-/m1/s1. The van der Waals surface area contributed by atoms with Crippen molar-refractivity contribution in [3.8, 4) is 0 Å². The van der Waals surface area contributed by atoms with E-state index < -0.39 is 0 Å². The van der Waals surface area contributed by atoms with Crippen LogP contribution in [-0.4, -0.2) is 10.1 Å². The van der Waals surface area contributed by atoms with Gasteiger partial charge in [-0.3, -0.25) is 4.98 Å². The van der Waals surface area contributed by atoms with Crippen molar-refractivity contribution in [3.63, 3.8) is 0 Å². The van der Waals surface area contributed by atoms with Crippen molar-refractivity contribution in [2.45, 2.75) is 25.9 Å². The van der Waals surface area contributed by atoms with E-state index in [9.17, 15) is 0 Å². The minimum absolute atomic E-state index is 0.0185. The number of nitrogens with one attached hydrogen (secondary N) is 1. The third-order valence-electron chi connectivity index (χ3n) is 4.69. The maximum atomic E-state index is 5.75. The summed E-state index contributed by atoms with van der Waals surface area (Å²) in [6.07, 6.45) is 1.84. The van der Waals surface area contributed by atoms with Gasteiger partial charge in [0.2, 0.25) is 0 Å². The van der Waals surface area contributed by atoms with Crippen molar-refractivity contribution in [2.75, 3.05) is 4.90 Å². The molecule has 0 bridgehead atoms. The lowest BCUT2D eigenvalue weighted by atomic mass is 10.0. The second-order valence-electron chi connectivity index (χ2n) is 6.40. The van der Waals surface area contributed by atoms with Crippen LogP contribution in [0, 0.1) is 13.8 Å². The smallest absolute Gasteiger partial charge is 0.174 e. The molecule has 6 heteroatoms. The van der Waals surface area contributed by atoms with E-state index in [-0.39, 0.29) is 12.1 Å². The summed E-state index contributed by atoms with van der Waals surface area (Å²) in [6.45, 7) is 4.26. The molecule has 3 nitrogen and oxygen atoms in total. The quantitative estimate of drug-likeness (QED) is 0.525. The highest BCUT2D eigenvalue weighted by Gasteiger charge is 2.41. The highest BCUT2D eigenvalue weighted by Crippen LogP contribution is 2.44. The Morgan fingerprint density at radius 1 is 1.15 bits per heavy atom. The van der Waals surface area contributed by atoms with Gasteiger partial charge in [-0.1, -0.05) is 22.0 Å². The van der Waals surface area contributed by atoms with Gasteiger partial charge in [-0.2, -0.15) is 0 Å². The molecule has 0 aliphatic carbocycles. The van der Waals surface area contributed by atoms with Crippen molar-refractivity contribution >= 4 is 50.3 Å². The highest BCUT2D eigenvalue weighted by atomic mass is 79.9. The van der Waals surface area contributed by atoms with E-state index in [0.717, 1.165) is 21.0 Å². The van der Waals surface area contributed by atoms with E-state index in [1.165, 1.54) is 16.0 Å². The van der Waals surface area contributed by atoms with Crippen LogP contribution in [0.3, 0.4) is 0 Å². The zero-order valence-electron chi connectivity index (χ0n) is 14.4. The number of halogens is 1. The minimum atomic E-state index is 0.0185. The second kappa shape index (κ2) is 7.10. The van der Waals surface area contributed by atoms with Gasteiger partial charge in [-0.15, -0.1) is 11.3 Å². The van der Waals surface area contributed by atoms with Crippen molar-refractivity contribution < 1.29 is 0 Å². The average molecular weight is 444 g/mol. The third-order valence-corrected chi connectivity index (χ3v) is 6.98. The first kappa shape index (κ1) is 17.6. The summed E-state index contributed by atoms with van der Waals surface area (Å²) >= 11 is 11.1. The highest BCUT2D eigenvalue weighted by molar-refractivity contribution is 9.10. The lowest BCUT2D eigenvalue weighted by molar-refractivity contribution is 0.573. The maximum absolute atomic E-state index is 5.75. The molecule has 1 fully saturated rings. The van der Waals surface area contributed by atoms with Crippen LogP contribution in [0.5, 0.6) is 0 Å². The van der Waals surface area contributed by atoms with Gasteiger partial charge < -0.3 is 10.2 Å². The van der Waals surface area contributed by atoms with Gasteiger partial charge in [-0.25, -0.2) is 0 Å². The predicted molar refractivity (Wildman–Crippen MR) is 116 cm³/mol. The Balaban J connectivity index is 1.85. The van der Waals surface area contributed by atoms with Gasteiger partial charge in [0.25, 0.3) is 0 Å². The first-order valence-corrected chi connectivity index (χ1v) is 10.4. The fraction of sp³-hybridized carbons (Fsp3) is 0.200. The molecule has 3 aromatic rings. The Bertz CT molecular complexity index is 955. The number of hydrogen-bond donors (Lipinski definition) is 1. The number of thiocarbonyl (C=S) groups is 1. The van der Waals surface area contributed by atoms with Crippen LogP contribution in [0.25, 0.3) is 0 Å². The molecule has 0 radical (unpaired) electrons. The van der Waals surface area contributed by atoms with Crippen molar-refractivity contribution in [2.24, 2.45) is 0 Å². The molecule has 2 aromatic heterocycles. The molecule has 3 heterocycles. The van der Waals surface area contributed by atoms with Crippen molar-refractivity contribution in [1.29, 1.82) is 0 Å². The summed E-state index contributed by atoms with van der Waals surface area (Å²) in [7, 11) is 0. The fourth-order valence-electron chi connectivity index (χ4n) is 3.37. The molecule has 0 amide bonds. The fourth-order valence-corrected chi connectivity index (χ4v) is 5.01. The molecule has 0 unspecified atom stereocenters. The summed E-state index contributed by atoms with van der Waals surface area (Å²) < 4.78 is 1.10. The maximum Gasteiger partial charge on any atom is 0.174 e. The molecule has 0 saturated carbocycles. The van der Waals surface area contributed by atoms with Gasteiger partial charge in [-0.05, 0) is 79.0 Å². The van der Waals surface area contributed by atoms with Gasteiger partial charge in [0, 0.05) is 21.2 Å². The number of anilines is 1. The lowest BCUT2D eigenvalue weighted by Gasteiger charge is -2.28. The van der Waals surface area contributed by atoms with Gasteiger partial charge in [0.1, 0.15) is 0 Å². The van der Waals surface area contributed by atoms with Crippen LogP contribution < -0.4 is 10.2 Å². The molecule has 1 aliphatic rings. The van der Waals surface area contributed by atoms with E-state index in [1.54, 1.807) is 11.3 Å². The summed E-state index contributed by atoms with van der Waals surface area (Å²) in [5.74, 6) is 0. The topological polar surface area (TPSA) is 28.2 Å². The number of nitrogens with zero attached hydrogens (tertiary/aromatic N) is 2. The molecule has 132 valence electrons. The van der Waals surface area contributed by atoms with Gasteiger partial charge >= 0.3 is 0 Å². The first-order chi connectivity index (χ1) is 12.6. The number of hydrogen-bond acceptors (Lipinski definition) is 3. The SMILES string of the molecule is Cc1cc(N2C(=S)N[C@H](c3ccccn3)[C@@H]2c2sccc2C)ccc1Br. The Morgan fingerprint density at radius 3 is 2.65 bits per heavy atom. The van der Waals surface area contributed by atoms with Crippen LogP contribution >= 0.6 is 39.5 Å². The third kappa shape index (κ3) is 3.06. The number of thiophene rings is 1. The number of aryl methyl sites for hydroxylation is 2. The van der Waals surface area contributed by atoms with Crippen LogP contribution in [0.2, 0.25) is 0 Å². The van der Waals surface area contributed by atoms with Crippen LogP contribution in [0.15, 0.2) is 58.5 Å². The van der Waals surface area contributed by atoms with Crippen LogP contribution in [-0.2, 0) is 0 Å². The largest absolute Gasteiger partial charge is 0.351 e. The van der Waals surface area contributed by atoms with E-state index >= 15 is 0 Å². The Morgan fingerprint density at radius 2 is 2.00 bits per heavy atom. The Labute approximate surface area is 171 Å². The van der Waals surface area contributed by atoms with Gasteiger partial charge in [0.05, 0.1) is 17.8 Å². The number of benzene rings is 1. The summed E-state index contributed by atoms with van der Waals surface area (Å²) in [5.41, 5.74) is 4.57. The number of pyridine rings is 1. The van der Waals surface area contributed by atoms with E-state index in [2.05, 4.69) is 80.7 Å².